The minimum atomic E-state index is 0.0905. The van der Waals surface area contributed by atoms with Gasteiger partial charge in [-0.05, 0) is 38.0 Å². The molecule has 122 valence electrons. The molecular weight excluding hydrogens is 310 g/mol. The number of nitrogens with zero attached hydrogens (tertiary/aromatic N) is 3. The number of morpholine rings is 1. The Morgan fingerprint density at radius 2 is 2.35 bits per heavy atom. The number of carbonyl (C=O) groups excluding carboxylic acids is 1. The van der Waals surface area contributed by atoms with Gasteiger partial charge in [-0.1, -0.05) is 0 Å². The molecule has 0 saturated carbocycles. The maximum Gasteiger partial charge on any atom is 0.227 e. The van der Waals surface area contributed by atoms with E-state index in [9.17, 15) is 4.79 Å². The van der Waals surface area contributed by atoms with Gasteiger partial charge in [0.15, 0.2) is 0 Å². The molecular formula is C17H21N3O2S. The van der Waals surface area contributed by atoms with Crippen molar-refractivity contribution in [2.24, 2.45) is 0 Å². The van der Waals surface area contributed by atoms with Crippen LogP contribution in [0.3, 0.4) is 0 Å². The third-order valence-corrected chi connectivity index (χ3v) is 4.98. The lowest BCUT2D eigenvalue weighted by atomic mass is 10.1. The van der Waals surface area contributed by atoms with Gasteiger partial charge in [0, 0.05) is 34.7 Å². The van der Waals surface area contributed by atoms with Gasteiger partial charge in [-0.15, -0.1) is 11.3 Å². The highest BCUT2D eigenvalue weighted by Gasteiger charge is 2.24. The van der Waals surface area contributed by atoms with Crippen LogP contribution in [0.15, 0.2) is 30.7 Å². The number of hydrogen-bond acceptors (Lipinski definition) is 5. The molecule has 1 atom stereocenters. The molecule has 2 aromatic rings. The number of aryl methyl sites for hydroxylation is 2. The Kier molecular flexibility index (Phi) is 5.35. The standard InChI is InChI=1S/C17H21N3O2S/c1-13-2-5-16(23-13)10-17(21)20-8-9-22-15(11-20)4-3-14-6-7-18-12-19-14/h2,5-7,12,15H,3-4,8-11H2,1H3. The molecule has 6 heteroatoms. The number of thiophene rings is 1. The summed E-state index contributed by atoms with van der Waals surface area (Å²) in [6, 6.07) is 6.03. The molecule has 0 radical (unpaired) electrons. The van der Waals surface area contributed by atoms with E-state index >= 15 is 0 Å². The first-order chi connectivity index (χ1) is 11.2. The highest BCUT2D eigenvalue weighted by atomic mass is 32.1. The zero-order valence-corrected chi connectivity index (χ0v) is 14.1. The highest BCUT2D eigenvalue weighted by Crippen LogP contribution is 2.18. The molecule has 0 spiro atoms. The average molecular weight is 331 g/mol. The summed E-state index contributed by atoms with van der Waals surface area (Å²) in [5, 5.41) is 0. The predicted octanol–water partition coefficient (Wildman–Crippen LogP) is 2.25. The molecule has 1 amide bonds. The summed E-state index contributed by atoms with van der Waals surface area (Å²) in [6.07, 6.45) is 5.63. The second kappa shape index (κ2) is 7.66. The van der Waals surface area contributed by atoms with Crippen LogP contribution in [-0.2, 0) is 22.4 Å². The van der Waals surface area contributed by atoms with E-state index in [-0.39, 0.29) is 12.0 Å². The SMILES string of the molecule is Cc1ccc(CC(=O)N2CCOC(CCc3ccncn3)C2)s1. The van der Waals surface area contributed by atoms with Crippen molar-refractivity contribution < 1.29 is 9.53 Å². The van der Waals surface area contributed by atoms with E-state index < -0.39 is 0 Å². The lowest BCUT2D eigenvalue weighted by molar-refractivity contribution is -0.138. The maximum atomic E-state index is 12.5. The molecule has 2 aromatic heterocycles. The Balaban J connectivity index is 1.50. The van der Waals surface area contributed by atoms with E-state index in [2.05, 4.69) is 23.0 Å². The van der Waals surface area contributed by atoms with Crippen LogP contribution >= 0.6 is 11.3 Å². The number of rotatable bonds is 5. The minimum absolute atomic E-state index is 0.0905. The third kappa shape index (κ3) is 4.59. The molecule has 3 rings (SSSR count). The zero-order chi connectivity index (χ0) is 16.1. The van der Waals surface area contributed by atoms with Crippen LogP contribution in [0, 0.1) is 6.92 Å². The van der Waals surface area contributed by atoms with Crippen molar-refractivity contribution in [3.8, 4) is 0 Å². The third-order valence-electron chi connectivity index (χ3n) is 3.98. The lowest BCUT2D eigenvalue weighted by Crippen LogP contribution is -2.46. The van der Waals surface area contributed by atoms with Gasteiger partial charge in [-0.3, -0.25) is 4.79 Å². The summed E-state index contributed by atoms with van der Waals surface area (Å²) >= 11 is 1.70. The Morgan fingerprint density at radius 3 is 3.09 bits per heavy atom. The number of carbonyl (C=O) groups is 1. The van der Waals surface area contributed by atoms with Gasteiger partial charge in [0.1, 0.15) is 6.33 Å². The molecule has 0 aliphatic carbocycles. The van der Waals surface area contributed by atoms with Crippen LogP contribution in [0.25, 0.3) is 0 Å². The zero-order valence-electron chi connectivity index (χ0n) is 13.3. The van der Waals surface area contributed by atoms with Crippen LogP contribution in [0.2, 0.25) is 0 Å². The number of amides is 1. The summed E-state index contributed by atoms with van der Waals surface area (Å²) in [7, 11) is 0. The Bertz CT molecular complexity index is 644. The van der Waals surface area contributed by atoms with Crippen LogP contribution < -0.4 is 0 Å². The van der Waals surface area contributed by atoms with Crippen LogP contribution in [0.4, 0.5) is 0 Å². The molecule has 1 fully saturated rings. The van der Waals surface area contributed by atoms with Gasteiger partial charge in [-0.2, -0.15) is 0 Å². The van der Waals surface area contributed by atoms with Gasteiger partial charge in [0.2, 0.25) is 5.91 Å². The smallest absolute Gasteiger partial charge is 0.227 e. The normalized spacial score (nSPS) is 18.1. The molecule has 0 N–H and O–H groups in total. The summed E-state index contributed by atoms with van der Waals surface area (Å²) < 4.78 is 5.80. The molecule has 1 aliphatic heterocycles. The van der Waals surface area contributed by atoms with Crippen LogP contribution in [0.1, 0.15) is 21.9 Å². The van der Waals surface area contributed by atoms with E-state index in [4.69, 9.17) is 4.74 Å². The topological polar surface area (TPSA) is 55.3 Å². The largest absolute Gasteiger partial charge is 0.375 e. The number of hydrogen-bond donors (Lipinski definition) is 0. The Labute approximate surface area is 140 Å². The van der Waals surface area contributed by atoms with Crippen LogP contribution in [0.5, 0.6) is 0 Å². The van der Waals surface area contributed by atoms with Crippen molar-refractivity contribution in [1.82, 2.24) is 14.9 Å². The van der Waals surface area contributed by atoms with Gasteiger partial charge < -0.3 is 9.64 Å². The monoisotopic (exact) mass is 331 g/mol. The summed E-state index contributed by atoms with van der Waals surface area (Å²) in [5.74, 6) is 0.196. The first-order valence-electron chi connectivity index (χ1n) is 7.90. The van der Waals surface area contributed by atoms with E-state index in [0.29, 0.717) is 26.1 Å². The van der Waals surface area contributed by atoms with Gasteiger partial charge in [0.05, 0.1) is 19.1 Å². The van der Waals surface area contributed by atoms with Crippen molar-refractivity contribution in [2.45, 2.75) is 32.3 Å². The average Bonchev–Trinajstić information content (AvgIpc) is 2.99. The fourth-order valence-electron chi connectivity index (χ4n) is 2.74. The van der Waals surface area contributed by atoms with Crippen molar-refractivity contribution in [3.05, 3.63) is 46.2 Å². The summed E-state index contributed by atoms with van der Waals surface area (Å²) in [5.41, 5.74) is 1.01. The van der Waals surface area contributed by atoms with Crippen LogP contribution in [-0.4, -0.2) is 46.6 Å². The molecule has 0 aromatic carbocycles. The molecule has 1 saturated heterocycles. The summed E-state index contributed by atoms with van der Waals surface area (Å²) in [4.78, 5) is 24.9. The van der Waals surface area contributed by atoms with Gasteiger partial charge in [0.25, 0.3) is 0 Å². The van der Waals surface area contributed by atoms with E-state index in [1.54, 1.807) is 23.9 Å². The van der Waals surface area contributed by atoms with Crippen molar-refractivity contribution in [2.75, 3.05) is 19.7 Å². The quantitative estimate of drug-likeness (QED) is 0.843. The predicted molar refractivity (Wildman–Crippen MR) is 89.4 cm³/mol. The maximum absolute atomic E-state index is 12.5. The van der Waals surface area contributed by atoms with Crippen molar-refractivity contribution >= 4 is 17.2 Å². The van der Waals surface area contributed by atoms with E-state index in [1.807, 2.05) is 17.0 Å². The van der Waals surface area contributed by atoms with E-state index in [0.717, 1.165) is 23.4 Å². The van der Waals surface area contributed by atoms with Crippen molar-refractivity contribution in [3.63, 3.8) is 0 Å². The minimum Gasteiger partial charge on any atom is -0.375 e. The first kappa shape index (κ1) is 16.1. The molecule has 1 aliphatic rings. The van der Waals surface area contributed by atoms with E-state index in [1.165, 1.54) is 4.88 Å². The van der Waals surface area contributed by atoms with Crippen molar-refractivity contribution in [1.29, 1.82) is 0 Å². The molecule has 1 unspecified atom stereocenters. The molecule has 3 heterocycles. The molecule has 23 heavy (non-hydrogen) atoms. The van der Waals surface area contributed by atoms with Gasteiger partial charge in [-0.25, -0.2) is 9.97 Å². The molecule has 0 bridgehead atoms. The first-order valence-corrected chi connectivity index (χ1v) is 8.72. The highest BCUT2D eigenvalue weighted by molar-refractivity contribution is 7.12. The second-order valence-corrected chi connectivity index (χ2v) is 7.13. The summed E-state index contributed by atoms with van der Waals surface area (Å²) in [6.45, 7) is 4.04. The lowest BCUT2D eigenvalue weighted by Gasteiger charge is -2.33. The Hall–Kier alpha value is -1.79. The molecule has 5 nitrogen and oxygen atoms in total. The Morgan fingerprint density at radius 1 is 1.43 bits per heavy atom. The number of ether oxygens (including phenoxy) is 1. The second-order valence-electron chi connectivity index (χ2n) is 5.76. The fraction of sp³-hybridized carbons (Fsp3) is 0.471. The fourth-order valence-corrected chi connectivity index (χ4v) is 3.62. The number of aromatic nitrogens is 2. The van der Waals surface area contributed by atoms with Gasteiger partial charge >= 0.3 is 0 Å².